The highest BCUT2D eigenvalue weighted by molar-refractivity contribution is 5.80. The first-order chi connectivity index (χ1) is 6.77. The van der Waals surface area contributed by atoms with E-state index in [2.05, 4.69) is 16.8 Å². The summed E-state index contributed by atoms with van der Waals surface area (Å²) in [7, 11) is 2.19. The zero-order valence-corrected chi connectivity index (χ0v) is 9.13. The van der Waals surface area contributed by atoms with E-state index >= 15 is 0 Å². The minimum atomic E-state index is 0.626. The van der Waals surface area contributed by atoms with Gasteiger partial charge in [-0.1, -0.05) is 0 Å². The summed E-state index contributed by atoms with van der Waals surface area (Å²) >= 11 is 0. The molecule has 2 aliphatic rings. The highest BCUT2D eigenvalue weighted by Gasteiger charge is 2.26. The Kier molecular flexibility index (Phi) is 3.06. The maximum Gasteiger partial charge on any atom is 0.0960 e. The summed E-state index contributed by atoms with van der Waals surface area (Å²) in [5.74, 6) is 0.886. The largest absolute Gasteiger partial charge is 0.356 e. The number of likely N-dealkylation sites (N-methyl/N-ethyl adjacent to an activating group) is 1. The van der Waals surface area contributed by atoms with Gasteiger partial charge in [-0.2, -0.15) is 0 Å². The molecule has 0 aliphatic carbocycles. The van der Waals surface area contributed by atoms with Crippen LogP contribution in [0.3, 0.4) is 0 Å². The van der Waals surface area contributed by atoms with Crippen LogP contribution >= 0.6 is 0 Å². The summed E-state index contributed by atoms with van der Waals surface area (Å²) < 4.78 is 0. The minimum Gasteiger partial charge on any atom is -0.356 e. The van der Waals surface area contributed by atoms with Crippen molar-refractivity contribution in [3.8, 4) is 0 Å². The van der Waals surface area contributed by atoms with E-state index in [1.165, 1.54) is 32.2 Å². The van der Waals surface area contributed by atoms with E-state index in [0.29, 0.717) is 6.04 Å². The van der Waals surface area contributed by atoms with Gasteiger partial charge >= 0.3 is 0 Å². The normalized spacial score (nSPS) is 30.8. The van der Waals surface area contributed by atoms with Crippen molar-refractivity contribution in [2.45, 2.75) is 38.1 Å². The fourth-order valence-electron chi connectivity index (χ4n) is 2.65. The highest BCUT2D eigenvalue weighted by atomic mass is 15.2. The van der Waals surface area contributed by atoms with Crippen molar-refractivity contribution in [1.29, 1.82) is 5.41 Å². The van der Waals surface area contributed by atoms with E-state index in [4.69, 9.17) is 5.41 Å². The number of amidine groups is 1. The van der Waals surface area contributed by atoms with Crippen molar-refractivity contribution >= 4 is 5.84 Å². The number of nitrogens with one attached hydrogen (secondary N) is 1. The van der Waals surface area contributed by atoms with Gasteiger partial charge in [-0.25, -0.2) is 0 Å². The lowest BCUT2D eigenvalue weighted by Gasteiger charge is -2.41. The smallest absolute Gasteiger partial charge is 0.0960 e. The molecule has 3 heteroatoms. The van der Waals surface area contributed by atoms with Crippen LogP contribution in [0, 0.1) is 5.41 Å². The Morgan fingerprint density at radius 1 is 1.21 bits per heavy atom. The number of nitrogens with zero attached hydrogens (tertiary/aromatic N) is 2. The lowest BCUT2D eigenvalue weighted by Crippen LogP contribution is -2.50. The summed E-state index contributed by atoms with van der Waals surface area (Å²) in [5, 5.41) is 7.96. The summed E-state index contributed by atoms with van der Waals surface area (Å²) in [6.45, 7) is 3.51. The van der Waals surface area contributed by atoms with Crippen LogP contribution in [0.1, 0.15) is 32.1 Å². The van der Waals surface area contributed by atoms with Gasteiger partial charge in [0.15, 0.2) is 0 Å². The predicted octanol–water partition coefficient (Wildman–Crippen LogP) is 1.54. The molecule has 0 bridgehead atoms. The SMILES string of the molecule is CN1CCCC(N2CCCCC2=N)C1. The van der Waals surface area contributed by atoms with Crippen LogP contribution in [0.2, 0.25) is 0 Å². The van der Waals surface area contributed by atoms with Gasteiger partial charge < -0.3 is 9.80 Å². The average Bonchev–Trinajstić information content (AvgIpc) is 2.18. The van der Waals surface area contributed by atoms with Crippen molar-refractivity contribution in [2.24, 2.45) is 0 Å². The molecule has 0 aromatic heterocycles. The standard InChI is InChI=1S/C11H21N3/c1-13-7-4-5-10(9-13)14-8-3-2-6-11(14)12/h10,12H,2-9H2,1H3. The van der Waals surface area contributed by atoms with Gasteiger partial charge in [0.05, 0.1) is 5.84 Å². The molecule has 0 radical (unpaired) electrons. The zero-order valence-electron chi connectivity index (χ0n) is 9.13. The van der Waals surface area contributed by atoms with Gasteiger partial charge in [-0.3, -0.25) is 5.41 Å². The van der Waals surface area contributed by atoms with Crippen molar-refractivity contribution in [3.05, 3.63) is 0 Å². The summed E-state index contributed by atoms with van der Waals surface area (Å²) in [5.41, 5.74) is 0. The molecular formula is C11H21N3. The molecule has 0 spiro atoms. The molecule has 2 heterocycles. The topological polar surface area (TPSA) is 30.3 Å². The molecule has 2 saturated heterocycles. The Morgan fingerprint density at radius 3 is 2.79 bits per heavy atom. The quantitative estimate of drug-likeness (QED) is 0.688. The second-order valence-corrected chi connectivity index (χ2v) is 4.66. The molecule has 80 valence electrons. The lowest BCUT2D eigenvalue weighted by molar-refractivity contribution is 0.156. The van der Waals surface area contributed by atoms with Gasteiger partial charge in [0.2, 0.25) is 0 Å². The molecule has 1 atom stereocenters. The Balaban J connectivity index is 1.94. The van der Waals surface area contributed by atoms with Crippen LogP contribution in [0.25, 0.3) is 0 Å². The first-order valence-electron chi connectivity index (χ1n) is 5.80. The molecule has 0 saturated carbocycles. The molecule has 1 N–H and O–H groups in total. The third-order valence-electron chi connectivity index (χ3n) is 3.45. The molecule has 3 nitrogen and oxygen atoms in total. The van der Waals surface area contributed by atoms with E-state index in [1.807, 2.05) is 0 Å². The van der Waals surface area contributed by atoms with Gasteiger partial charge in [0.25, 0.3) is 0 Å². The van der Waals surface area contributed by atoms with E-state index in [-0.39, 0.29) is 0 Å². The minimum absolute atomic E-state index is 0.626. The number of piperidine rings is 2. The average molecular weight is 195 g/mol. The van der Waals surface area contributed by atoms with Crippen LogP contribution < -0.4 is 0 Å². The van der Waals surface area contributed by atoms with Crippen LogP contribution in [0.5, 0.6) is 0 Å². The molecule has 2 fully saturated rings. The van der Waals surface area contributed by atoms with Gasteiger partial charge in [-0.05, 0) is 39.3 Å². The van der Waals surface area contributed by atoms with Crippen LogP contribution in [-0.4, -0.2) is 48.4 Å². The van der Waals surface area contributed by atoms with Crippen molar-refractivity contribution in [3.63, 3.8) is 0 Å². The summed E-state index contributed by atoms with van der Waals surface area (Å²) in [6.07, 6.45) is 6.08. The van der Waals surface area contributed by atoms with E-state index in [0.717, 1.165) is 25.3 Å². The predicted molar refractivity (Wildman–Crippen MR) is 58.8 cm³/mol. The zero-order chi connectivity index (χ0) is 9.97. The van der Waals surface area contributed by atoms with E-state index in [9.17, 15) is 0 Å². The fraction of sp³-hybridized carbons (Fsp3) is 0.909. The summed E-state index contributed by atoms with van der Waals surface area (Å²) in [4.78, 5) is 4.75. The maximum atomic E-state index is 7.96. The molecular weight excluding hydrogens is 174 g/mol. The van der Waals surface area contributed by atoms with Crippen molar-refractivity contribution in [2.75, 3.05) is 26.7 Å². The number of hydrogen-bond acceptors (Lipinski definition) is 2. The Labute approximate surface area is 86.6 Å². The van der Waals surface area contributed by atoms with Gasteiger partial charge in [0, 0.05) is 25.6 Å². The number of likely N-dealkylation sites (tertiary alicyclic amines) is 2. The molecule has 2 rings (SSSR count). The fourth-order valence-corrected chi connectivity index (χ4v) is 2.65. The molecule has 0 aromatic carbocycles. The molecule has 14 heavy (non-hydrogen) atoms. The first kappa shape index (κ1) is 9.97. The monoisotopic (exact) mass is 195 g/mol. The van der Waals surface area contributed by atoms with Gasteiger partial charge in [0.1, 0.15) is 0 Å². The van der Waals surface area contributed by atoms with Gasteiger partial charge in [-0.15, -0.1) is 0 Å². The first-order valence-corrected chi connectivity index (χ1v) is 5.80. The number of rotatable bonds is 1. The Bertz CT molecular complexity index is 215. The third-order valence-corrected chi connectivity index (χ3v) is 3.45. The molecule has 0 aromatic rings. The summed E-state index contributed by atoms with van der Waals surface area (Å²) in [6, 6.07) is 0.626. The maximum absolute atomic E-state index is 7.96. The van der Waals surface area contributed by atoms with E-state index < -0.39 is 0 Å². The van der Waals surface area contributed by atoms with Crippen LogP contribution in [-0.2, 0) is 0 Å². The van der Waals surface area contributed by atoms with Crippen LogP contribution in [0.4, 0.5) is 0 Å². The Morgan fingerprint density at radius 2 is 2.07 bits per heavy atom. The second-order valence-electron chi connectivity index (χ2n) is 4.66. The molecule has 1 unspecified atom stereocenters. The number of hydrogen-bond donors (Lipinski definition) is 1. The van der Waals surface area contributed by atoms with Crippen molar-refractivity contribution < 1.29 is 0 Å². The van der Waals surface area contributed by atoms with Crippen molar-refractivity contribution in [1.82, 2.24) is 9.80 Å². The highest BCUT2D eigenvalue weighted by Crippen LogP contribution is 2.20. The Hall–Kier alpha value is -0.570. The van der Waals surface area contributed by atoms with Crippen LogP contribution in [0.15, 0.2) is 0 Å². The molecule has 2 aliphatic heterocycles. The van der Waals surface area contributed by atoms with E-state index in [1.54, 1.807) is 0 Å². The molecule has 0 amide bonds. The lowest BCUT2D eigenvalue weighted by atomic mass is 10.0. The third kappa shape index (κ3) is 2.08. The second kappa shape index (κ2) is 4.30.